The third-order valence-electron chi connectivity index (χ3n) is 1.32. The lowest BCUT2D eigenvalue weighted by Crippen LogP contribution is -1.93. The number of aliphatic hydroxyl groups excluding tert-OH is 2. The molecule has 14 heavy (non-hydrogen) atoms. The van der Waals surface area contributed by atoms with E-state index < -0.39 is 0 Å². The standard InChI is InChI=1S/C9H12O.C2H6O2/c1-2-8-10-9-6-4-3-5-7-9;3-1-2-4/h3-7H,2,8H2,1H3;3-4H,1-2H2. The Morgan fingerprint density at radius 1 is 1.07 bits per heavy atom. The van der Waals surface area contributed by atoms with Crippen LogP contribution in [0.25, 0.3) is 0 Å². The molecule has 0 unspecified atom stereocenters. The van der Waals surface area contributed by atoms with Crippen LogP contribution in [-0.2, 0) is 0 Å². The Kier molecular flexibility index (Phi) is 9.26. The van der Waals surface area contributed by atoms with E-state index >= 15 is 0 Å². The number of para-hydroxylation sites is 1. The summed E-state index contributed by atoms with van der Waals surface area (Å²) in [6, 6.07) is 9.88. The molecule has 0 saturated carbocycles. The van der Waals surface area contributed by atoms with Crippen molar-refractivity contribution in [1.29, 1.82) is 0 Å². The van der Waals surface area contributed by atoms with Gasteiger partial charge in [0.15, 0.2) is 0 Å². The van der Waals surface area contributed by atoms with Crippen molar-refractivity contribution >= 4 is 0 Å². The highest BCUT2D eigenvalue weighted by Gasteiger charge is 1.86. The molecule has 80 valence electrons. The lowest BCUT2D eigenvalue weighted by molar-refractivity contribution is 0.186. The number of aliphatic hydroxyl groups is 2. The van der Waals surface area contributed by atoms with Gasteiger partial charge < -0.3 is 14.9 Å². The van der Waals surface area contributed by atoms with E-state index in [-0.39, 0.29) is 13.2 Å². The van der Waals surface area contributed by atoms with Gasteiger partial charge >= 0.3 is 0 Å². The SMILES string of the molecule is CCCOc1ccccc1.OCCO. The first-order valence-electron chi connectivity index (χ1n) is 4.74. The fraction of sp³-hybridized carbons (Fsp3) is 0.455. The number of benzene rings is 1. The monoisotopic (exact) mass is 198 g/mol. The molecule has 0 heterocycles. The largest absolute Gasteiger partial charge is 0.494 e. The minimum Gasteiger partial charge on any atom is -0.494 e. The molecule has 0 radical (unpaired) electrons. The Morgan fingerprint density at radius 2 is 1.64 bits per heavy atom. The summed E-state index contributed by atoms with van der Waals surface area (Å²) in [6.45, 7) is 2.66. The maximum Gasteiger partial charge on any atom is 0.119 e. The van der Waals surface area contributed by atoms with Gasteiger partial charge in [0.25, 0.3) is 0 Å². The molecule has 3 heteroatoms. The Morgan fingerprint density at radius 3 is 2.07 bits per heavy atom. The van der Waals surface area contributed by atoms with Crippen molar-refractivity contribution in [1.82, 2.24) is 0 Å². The third-order valence-corrected chi connectivity index (χ3v) is 1.32. The van der Waals surface area contributed by atoms with Gasteiger partial charge in [-0.25, -0.2) is 0 Å². The van der Waals surface area contributed by atoms with E-state index in [0.717, 1.165) is 18.8 Å². The molecule has 1 aromatic carbocycles. The van der Waals surface area contributed by atoms with E-state index in [9.17, 15) is 0 Å². The molecule has 3 nitrogen and oxygen atoms in total. The fourth-order valence-electron chi connectivity index (χ4n) is 0.737. The fourth-order valence-corrected chi connectivity index (χ4v) is 0.737. The lowest BCUT2D eigenvalue weighted by Gasteiger charge is -2.01. The van der Waals surface area contributed by atoms with Crippen LogP contribution in [0.3, 0.4) is 0 Å². The first-order chi connectivity index (χ1) is 6.85. The first kappa shape index (κ1) is 12.9. The van der Waals surface area contributed by atoms with Crippen molar-refractivity contribution in [2.75, 3.05) is 19.8 Å². The average Bonchev–Trinajstić information content (AvgIpc) is 2.28. The van der Waals surface area contributed by atoms with E-state index in [1.807, 2.05) is 30.3 Å². The molecule has 2 N–H and O–H groups in total. The molecular formula is C11H18O3. The molecule has 1 rings (SSSR count). The molecule has 0 saturated heterocycles. The van der Waals surface area contributed by atoms with Gasteiger partial charge in [0.05, 0.1) is 19.8 Å². The summed E-state index contributed by atoms with van der Waals surface area (Å²) in [5, 5.41) is 15.2. The third kappa shape index (κ3) is 7.58. The van der Waals surface area contributed by atoms with Crippen LogP contribution in [0.2, 0.25) is 0 Å². The molecule has 0 aliphatic heterocycles. The van der Waals surface area contributed by atoms with E-state index in [4.69, 9.17) is 14.9 Å². The highest BCUT2D eigenvalue weighted by molar-refractivity contribution is 5.20. The normalized spacial score (nSPS) is 8.79. The Labute approximate surface area is 85.0 Å². The Bertz CT molecular complexity index is 197. The Balaban J connectivity index is 0.000000364. The van der Waals surface area contributed by atoms with Gasteiger partial charge in [-0.1, -0.05) is 25.1 Å². The summed E-state index contributed by atoms with van der Waals surface area (Å²) in [6.07, 6.45) is 1.06. The van der Waals surface area contributed by atoms with Crippen molar-refractivity contribution in [3.63, 3.8) is 0 Å². The zero-order valence-corrected chi connectivity index (χ0v) is 8.52. The second-order valence-electron chi connectivity index (χ2n) is 2.61. The second kappa shape index (κ2) is 10.0. The average molecular weight is 198 g/mol. The molecule has 1 aromatic rings. The molecule has 0 spiro atoms. The van der Waals surface area contributed by atoms with E-state index in [0.29, 0.717) is 0 Å². The van der Waals surface area contributed by atoms with Crippen LogP contribution < -0.4 is 4.74 Å². The number of hydrogen-bond acceptors (Lipinski definition) is 3. The van der Waals surface area contributed by atoms with Crippen molar-refractivity contribution in [2.24, 2.45) is 0 Å². The maximum absolute atomic E-state index is 7.62. The van der Waals surface area contributed by atoms with Gasteiger partial charge in [-0.05, 0) is 18.6 Å². The van der Waals surface area contributed by atoms with Crippen molar-refractivity contribution < 1.29 is 14.9 Å². The summed E-state index contributed by atoms with van der Waals surface area (Å²) in [5.74, 6) is 0.962. The van der Waals surface area contributed by atoms with Crippen LogP contribution >= 0.6 is 0 Å². The van der Waals surface area contributed by atoms with E-state index in [1.165, 1.54) is 0 Å². The molecule has 0 aliphatic carbocycles. The van der Waals surface area contributed by atoms with Gasteiger partial charge in [-0.2, -0.15) is 0 Å². The summed E-state index contributed by atoms with van der Waals surface area (Å²) in [4.78, 5) is 0. The van der Waals surface area contributed by atoms with Gasteiger partial charge in [0.1, 0.15) is 5.75 Å². The van der Waals surface area contributed by atoms with Gasteiger partial charge in [0, 0.05) is 0 Å². The molecule has 0 bridgehead atoms. The van der Waals surface area contributed by atoms with Gasteiger partial charge in [-0.3, -0.25) is 0 Å². The summed E-state index contributed by atoms with van der Waals surface area (Å²) >= 11 is 0. The predicted octanol–water partition coefficient (Wildman–Crippen LogP) is 1.45. The van der Waals surface area contributed by atoms with E-state index in [2.05, 4.69) is 6.92 Å². The number of hydrogen-bond donors (Lipinski definition) is 2. The zero-order chi connectivity index (χ0) is 10.6. The van der Waals surface area contributed by atoms with Crippen LogP contribution in [-0.4, -0.2) is 30.0 Å². The van der Waals surface area contributed by atoms with Gasteiger partial charge in [0.2, 0.25) is 0 Å². The summed E-state index contributed by atoms with van der Waals surface area (Å²) < 4.78 is 5.36. The molecule has 0 atom stereocenters. The van der Waals surface area contributed by atoms with Crippen LogP contribution in [0.5, 0.6) is 5.75 Å². The van der Waals surface area contributed by atoms with Crippen LogP contribution in [0.15, 0.2) is 30.3 Å². The van der Waals surface area contributed by atoms with E-state index in [1.54, 1.807) is 0 Å². The molecular weight excluding hydrogens is 180 g/mol. The van der Waals surface area contributed by atoms with Gasteiger partial charge in [-0.15, -0.1) is 0 Å². The maximum atomic E-state index is 7.62. The number of ether oxygens (including phenoxy) is 1. The lowest BCUT2D eigenvalue weighted by atomic mass is 10.3. The molecule has 0 aromatic heterocycles. The van der Waals surface area contributed by atoms with Crippen LogP contribution in [0.4, 0.5) is 0 Å². The predicted molar refractivity (Wildman–Crippen MR) is 56.4 cm³/mol. The first-order valence-corrected chi connectivity index (χ1v) is 4.74. The topological polar surface area (TPSA) is 49.7 Å². The minimum atomic E-state index is -0.125. The van der Waals surface area contributed by atoms with Crippen molar-refractivity contribution in [3.8, 4) is 5.75 Å². The summed E-state index contributed by atoms with van der Waals surface area (Å²) in [5.41, 5.74) is 0. The second-order valence-corrected chi connectivity index (χ2v) is 2.61. The molecule has 0 amide bonds. The highest BCUT2D eigenvalue weighted by Crippen LogP contribution is 2.07. The van der Waals surface area contributed by atoms with Crippen LogP contribution in [0.1, 0.15) is 13.3 Å². The minimum absolute atomic E-state index is 0.125. The highest BCUT2D eigenvalue weighted by atomic mass is 16.5. The van der Waals surface area contributed by atoms with Crippen molar-refractivity contribution in [3.05, 3.63) is 30.3 Å². The quantitative estimate of drug-likeness (QED) is 0.769. The Hall–Kier alpha value is -1.06. The summed E-state index contributed by atoms with van der Waals surface area (Å²) in [7, 11) is 0. The van der Waals surface area contributed by atoms with Crippen molar-refractivity contribution in [2.45, 2.75) is 13.3 Å². The molecule has 0 aliphatic rings. The van der Waals surface area contributed by atoms with Crippen LogP contribution in [0, 0.1) is 0 Å². The number of rotatable bonds is 4. The zero-order valence-electron chi connectivity index (χ0n) is 8.52. The smallest absolute Gasteiger partial charge is 0.119 e. The molecule has 0 fully saturated rings.